The van der Waals surface area contributed by atoms with E-state index in [9.17, 15) is 9.59 Å². The number of piperidine rings is 1. The van der Waals surface area contributed by atoms with Gasteiger partial charge in [-0.2, -0.15) is 5.10 Å². The molecule has 0 aliphatic carbocycles. The Balaban J connectivity index is 1.40. The molecule has 10 nitrogen and oxygen atoms in total. The van der Waals surface area contributed by atoms with Gasteiger partial charge in [-0.1, -0.05) is 0 Å². The minimum Gasteiger partial charge on any atom is -0.379 e. The molecule has 1 amide bonds. The fourth-order valence-electron chi connectivity index (χ4n) is 5.50. The molecule has 3 aromatic heterocycles. The Hall–Kier alpha value is -3.24. The number of fused-ring (bicyclic) bond motifs is 1. The lowest BCUT2D eigenvalue weighted by molar-refractivity contribution is 0.0115. The number of nitrogens with one attached hydrogen (secondary N) is 2. The van der Waals surface area contributed by atoms with Crippen LogP contribution in [0.15, 0.2) is 23.1 Å². The van der Waals surface area contributed by atoms with Crippen LogP contribution in [0, 0.1) is 13.8 Å². The van der Waals surface area contributed by atoms with Crippen LogP contribution in [0.25, 0.3) is 11.0 Å². The smallest absolute Gasteiger partial charge is 0.253 e. The first kappa shape index (κ1) is 25.4. The number of morpholine rings is 1. The molecule has 5 rings (SSSR count). The number of carbonyl (C=O) groups is 1. The lowest BCUT2D eigenvalue weighted by atomic mass is 10.0. The second kappa shape index (κ2) is 10.6. The molecule has 5 heterocycles. The van der Waals surface area contributed by atoms with E-state index in [-0.39, 0.29) is 24.1 Å². The number of hydrogen-bond acceptors (Lipinski definition) is 7. The summed E-state index contributed by atoms with van der Waals surface area (Å²) >= 11 is 0. The minimum atomic E-state index is -0.237. The molecule has 0 aromatic carbocycles. The van der Waals surface area contributed by atoms with Crippen LogP contribution < -0.4 is 15.8 Å². The van der Waals surface area contributed by atoms with Gasteiger partial charge in [-0.3, -0.25) is 14.5 Å². The molecule has 0 spiro atoms. The molecular formula is C27H37N7O3. The highest BCUT2D eigenvalue weighted by molar-refractivity contribution is 6.06. The number of aromatic nitrogens is 4. The van der Waals surface area contributed by atoms with Crippen molar-refractivity contribution in [3.8, 4) is 0 Å². The molecule has 2 fully saturated rings. The third-order valence-electron chi connectivity index (χ3n) is 7.56. The van der Waals surface area contributed by atoms with Crippen molar-refractivity contribution >= 4 is 22.8 Å². The summed E-state index contributed by atoms with van der Waals surface area (Å²) in [6, 6.07) is 4.46. The van der Waals surface area contributed by atoms with Crippen LogP contribution in [0.1, 0.15) is 59.9 Å². The zero-order valence-electron chi connectivity index (χ0n) is 22.2. The second-order valence-electron chi connectivity index (χ2n) is 10.4. The van der Waals surface area contributed by atoms with Gasteiger partial charge in [0.05, 0.1) is 30.4 Å². The molecule has 2 aliphatic rings. The fourth-order valence-corrected chi connectivity index (χ4v) is 5.50. The van der Waals surface area contributed by atoms with Gasteiger partial charge in [0.15, 0.2) is 5.65 Å². The van der Waals surface area contributed by atoms with Crippen LogP contribution in [-0.4, -0.2) is 76.0 Å². The third kappa shape index (κ3) is 5.26. The molecule has 3 aromatic rings. The van der Waals surface area contributed by atoms with E-state index in [2.05, 4.69) is 39.0 Å². The van der Waals surface area contributed by atoms with Gasteiger partial charge in [0.2, 0.25) is 0 Å². The largest absolute Gasteiger partial charge is 0.379 e. The van der Waals surface area contributed by atoms with E-state index in [1.165, 1.54) is 0 Å². The topological polar surface area (TPSA) is 108 Å². The van der Waals surface area contributed by atoms with Crippen LogP contribution in [0.5, 0.6) is 0 Å². The van der Waals surface area contributed by atoms with Crippen molar-refractivity contribution in [3.63, 3.8) is 0 Å². The number of aryl methyl sites for hydroxylation is 2. The van der Waals surface area contributed by atoms with Crippen molar-refractivity contribution in [3.05, 3.63) is 51.1 Å². The third-order valence-corrected chi connectivity index (χ3v) is 7.56. The van der Waals surface area contributed by atoms with E-state index in [0.717, 1.165) is 69.3 Å². The van der Waals surface area contributed by atoms with Gasteiger partial charge < -0.3 is 19.9 Å². The lowest BCUT2D eigenvalue weighted by Gasteiger charge is -2.40. The summed E-state index contributed by atoms with van der Waals surface area (Å²) in [7, 11) is 0. The standard InChI is InChI=1S/C27H37N7O3/c1-17(2)34-25-23(16-29-34)21(26(35)28-15-22-18(3)13-19(4)30-27(22)36)14-24(31-25)33-7-5-20(6-8-33)32-9-11-37-12-10-32/h13-14,16-17,20H,5-12,15H2,1-4H3,(H,28,35)(H,30,36). The highest BCUT2D eigenvalue weighted by Crippen LogP contribution is 2.28. The van der Waals surface area contributed by atoms with Gasteiger partial charge in [-0.25, -0.2) is 9.67 Å². The summed E-state index contributed by atoms with van der Waals surface area (Å²) in [5, 5.41) is 8.22. The van der Waals surface area contributed by atoms with Crippen LogP contribution in [0.4, 0.5) is 5.82 Å². The van der Waals surface area contributed by atoms with Crippen LogP contribution >= 0.6 is 0 Å². The number of rotatable bonds is 6. The first-order valence-corrected chi connectivity index (χ1v) is 13.2. The van der Waals surface area contributed by atoms with E-state index < -0.39 is 0 Å². The maximum atomic E-state index is 13.5. The van der Waals surface area contributed by atoms with Gasteiger partial charge in [-0.05, 0) is 58.2 Å². The summed E-state index contributed by atoms with van der Waals surface area (Å²) in [5.74, 6) is 0.560. The predicted octanol–water partition coefficient (Wildman–Crippen LogP) is 2.55. The number of amides is 1. The number of pyridine rings is 2. The van der Waals surface area contributed by atoms with E-state index >= 15 is 0 Å². The molecular weight excluding hydrogens is 470 g/mol. The Morgan fingerprint density at radius 1 is 1.16 bits per heavy atom. The average Bonchev–Trinajstić information content (AvgIpc) is 3.32. The maximum Gasteiger partial charge on any atom is 0.253 e. The van der Waals surface area contributed by atoms with Crippen molar-refractivity contribution < 1.29 is 9.53 Å². The molecule has 0 saturated carbocycles. The quantitative estimate of drug-likeness (QED) is 0.528. The maximum absolute atomic E-state index is 13.5. The molecule has 2 saturated heterocycles. The summed E-state index contributed by atoms with van der Waals surface area (Å²) in [6.45, 7) is 13.4. The SMILES string of the molecule is Cc1cc(C)c(CNC(=O)c2cc(N3CCC(N4CCOCC4)CC3)nc3c2cnn3C(C)C)c(=O)[nH]1. The van der Waals surface area contributed by atoms with Crippen molar-refractivity contribution in [2.75, 3.05) is 44.3 Å². The van der Waals surface area contributed by atoms with Crippen molar-refractivity contribution in [2.24, 2.45) is 0 Å². The normalized spacial score (nSPS) is 17.6. The van der Waals surface area contributed by atoms with E-state index in [1.54, 1.807) is 6.20 Å². The van der Waals surface area contributed by atoms with Gasteiger partial charge >= 0.3 is 0 Å². The highest BCUT2D eigenvalue weighted by Gasteiger charge is 2.28. The molecule has 10 heteroatoms. The van der Waals surface area contributed by atoms with E-state index in [4.69, 9.17) is 9.72 Å². The average molecular weight is 508 g/mol. The monoisotopic (exact) mass is 507 g/mol. The summed E-state index contributed by atoms with van der Waals surface area (Å²) in [5.41, 5.74) is 3.29. The van der Waals surface area contributed by atoms with Gasteiger partial charge in [0, 0.05) is 56.1 Å². The molecule has 2 N–H and O–H groups in total. The zero-order chi connectivity index (χ0) is 26.1. The van der Waals surface area contributed by atoms with Crippen molar-refractivity contribution in [1.82, 2.24) is 30.0 Å². The van der Waals surface area contributed by atoms with Crippen LogP contribution in [0.3, 0.4) is 0 Å². The van der Waals surface area contributed by atoms with Gasteiger partial charge in [-0.15, -0.1) is 0 Å². The fraction of sp³-hybridized carbons (Fsp3) is 0.556. The Morgan fingerprint density at radius 2 is 1.89 bits per heavy atom. The van der Waals surface area contributed by atoms with Crippen molar-refractivity contribution in [2.45, 2.75) is 59.2 Å². The van der Waals surface area contributed by atoms with Gasteiger partial charge in [0.1, 0.15) is 5.82 Å². The number of anilines is 1. The van der Waals surface area contributed by atoms with E-state index in [1.807, 2.05) is 30.7 Å². The number of aromatic amines is 1. The number of carbonyl (C=O) groups excluding carboxylic acids is 1. The predicted molar refractivity (Wildman–Crippen MR) is 143 cm³/mol. The minimum absolute atomic E-state index is 0.108. The molecule has 0 unspecified atom stereocenters. The number of H-pyrrole nitrogens is 1. The number of ether oxygens (including phenoxy) is 1. The molecule has 0 atom stereocenters. The van der Waals surface area contributed by atoms with E-state index in [0.29, 0.717) is 28.2 Å². The lowest BCUT2D eigenvalue weighted by Crippen LogP contribution is -2.49. The molecule has 0 radical (unpaired) electrons. The molecule has 0 bridgehead atoms. The Morgan fingerprint density at radius 3 is 2.57 bits per heavy atom. The Labute approximate surface area is 217 Å². The van der Waals surface area contributed by atoms with Crippen LogP contribution in [-0.2, 0) is 11.3 Å². The van der Waals surface area contributed by atoms with Gasteiger partial charge in [0.25, 0.3) is 11.5 Å². The molecule has 198 valence electrons. The Bertz CT molecular complexity index is 1330. The first-order chi connectivity index (χ1) is 17.8. The molecule has 37 heavy (non-hydrogen) atoms. The first-order valence-electron chi connectivity index (χ1n) is 13.2. The van der Waals surface area contributed by atoms with Crippen LogP contribution in [0.2, 0.25) is 0 Å². The molecule has 2 aliphatic heterocycles. The summed E-state index contributed by atoms with van der Waals surface area (Å²) in [4.78, 5) is 38.5. The number of nitrogens with zero attached hydrogens (tertiary/aromatic N) is 5. The van der Waals surface area contributed by atoms with Crippen molar-refractivity contribution in [1.29, 1.82) is 0 Å². The second-order valence-corrected chi connectivity index (χ2v) is 10.4. The highest BCUT2D eigenvalue weighted by atomic mass is 16.5. The number of hydrogen-bond donors (Lipinski definition) is 2. The zero-order valence-corrected chi connectivity index (χ0v) is 22.2. The summed E-state index contributed by atoms with van der Waals surface area (Å²) in [6.07, 6.45) is 3.83. The summed E-state index contributed by atoms with van der Waals surface area (Å²) < 4.78 is 7.39. The Kier molecular flexibility index (Phi) is 7.30.